The van der Waals surface area contributed by atoms with Crippen LogP contribution >= 0.6 is 0 Å². The van der Waals surface area contributed by atoms with Crippen LogP contribution in [-0.4, -0.2) is 5.97 Å². The second-order valence-corrected chi connectivity index (χ2v) is 1.86. The fourth-order valence-corrected chi connectivity index (χ4v) is 0.619. The van der Waals surface area contributed by atoms with Gasteiger partial charge in [0, 0.05) is 0 Å². The van der Waals surface area contributed by atoms with E-state index in [0.717, 1.165) is 0 Å². The van der Waals surface area contributed by atoms with Gasteiger partial charge in [0.1, 0.15) is 0 Å². The number of aliphatic carboxylic acids is 1. The van der Waals surface area contributed by atoms with Crippen LogP contribution in [0.2, 0.25) is 0 Å². The zero-order chi connectivity index (χ0) is 7.98. The number of carbonyl (C=O) groups is 1. The van der Waals surface area contributed by atoms with Gasteiger partial charge in [0.2, 0.25) is 0 Å². The quantitative estimate of drug-likeness (QED) is 0.265. The number of hydrogen-bond acceptors (Lipinski definition) is 2. The zero-order valence-corrected chi connectivity index (χ0v) is 9.26. The van der Waals surface area contributed by atoms with Crippen molar-refractivity contribution in [2.24, 2.45) is 0 Å². The molecule has 0 radical (unpaired) electrons. The van der Waals surface area contributed by atoms with Crippen molar-refractivity contribution in [3.8, 4) is 0 Å². The zero-order valence-electron chi connectivity index (χ0n) is 7.26. The minimum absolute atomic E-state index is 0. The minimum Gasteiger partial charge on any atom is -0.545 e. The summed E-state index contributed by atoms with van der Waals surface area (Å²) in [6.45, 7) is 3.65. The van der Waals surface area contributed by atoms with Crippen LogP contribution < -0.4 is 34.7 Å². The van der Waals surface area contributed by atoms with E-state index >= 15 is 0 Å². The minimum atomic E-state index is -1.11. The number of rotatable bonds is 3. The molecule has 0 bridgehead atoms. The normalized spacial score (nSPS) is 11.3. The van der Waals surface area contributed by atoms with Gasteiger partial charge in [-0.2, -0.15) is 0 Å². The van der Waals surface area contributed by atoms with Gasteiger partial charge in [0.05, 0.1) is 5.97 Å². The van der Waals surface area contributed by atoms with E-state index in [1.54, 1.807) is 19.1 Å². The van der Waals surface area contributed by atoms with Crippen LogP contribution in [0.3, 0.4) is 0 Å². The van der Waals surface area contributed by atoms with Crippen molar-refractivity contribution in [2.45, 2.75) is 20.3 Å². The van der Waals surface area contributed by atoms with Crippen LogP contribution in [-0.2, 0) is 4.79 Å². The van der Waals surface area contributed by atoms with Gasteiger partial charge in [-0.3, -0.25) is 0 Å². The van der Waals surface area contributed by atoms with E-state index in [4.69, 9.17) is 0 Å². The van der Waals surface area contributed by atoms with Crippen LogP contribution in [0.15, 0.2) is 23.8 Å². The van der Waals surface area contributed by atoms with E-state index in [9.17, 15) is 9.90 Å². The molecule has 3 heteroatoms. The molecule has 0 aliphatic heterocycles. The Morgan fingerprint density at radius 3 is 2.36 bits per heavy atom. The van der Waals surface area contributed by atoms with Crippen molar-refractivity contribution in [1.82, 2.24) is 0 Å². The average molecular weight is 162 g/mol. The summed E-state index contributed by atoms with van der Waals surface area (Å²) in [5.41, 5.74) is 0.255. The first-order chi connectivity index (χ1) is 4.72. The van der Waals surface area contributed by atoms with Gasteiger partial charge in [-0.05, 0) is 18.9 Å². The fraction of sp³-hybridized carbons (Fsp3) is 0.375. The summed E-state index contributed by atoms with van der Waals surface area (Å²) in [4.78, 5) is 10.2. The maximum absolute atomic E-state index is 10.2. The van der Waals surface area contributed by atoms with Crippen LogP contribution in [0.5, 0.6) is 0 Å². The second-order valence-electron chi connectivity index (χ2n) is 1.86. The molecule has 0 aromatic carbocycles. The fourth-order valence-electron chi connectivity index (χ4n) is 0.619. The van der Waals surface area contributed by atoms with Crippen molar-refractivity contribution in [2.75, 3.05) is 0 Å². The van der Waals surface area contributed by atoms with Crippen LogP contribution in [0, 0.1) is 0 Å². The first-order valence-electron chi connectivity index (χ1n) is 3.26. The van der Waals surface area contributed by atoms with Gasteiger partial charge < -0.3 is 9.90 Å². The van der Waals surface area contributed by atoms with Crippen molar-refractivity contribution in [1.29, 1.82) is 0 Å². The Balaban J connectivity index is 0. The number of carboxylic acid groups (broad SMARTS) is 1. The summed E-state index contributed by atoms with van der Waals surface area (Å²) in [6, 6.07) is 0. The third-order valence-electron chi connectivity index (χ3n) is 1.01. The van der Waals surface area contributed by atoms with Gasteiger partial charge in [-0.15, -0.1) is 0 Å². The first kappa shape index (κ1) is 13.5. The summed E-state index contributed by atoms with van der Waals surface area (Å²) < 4.78 is 0. The summed E-state index contributed by atoms with van der Waals surface area (Å²) in [5.74, 6) is -1.11. The van der Waals surface area contributed by atoms with Gasteiger partial charge >= 0.3 is 29.6 Å². The molecule has 0 amide bonds. The molecule has 0 unspecified atom stereocenters. The largest absolute Gasteiger partial charge is 1.00 e. The summed E-state index contributed by atoms with van der Waals surface area (Å²) >= 11 is 0. The Morgan fingerprint density at radius 1 is 1.55 bits per heavy atom. The molecule has 0 aromatic heterocycles. The third kappa shape index (κ3) is 6.35. The van der Waals surface area contributed by atoms with E-state index in [1.807, 2.05) is 6.92 Å². The van der Waals surface area contributed by atoms with Gasteiger partial charge in [0.25, 0.3) is 0 Å². The standard InChI is InChI=1S/C8H12O2.Na/c1-3-5-7(6-4-2)8(9)10;/h3,5-6H,4H2,1-2H3,(H,9,10);/q;+1/p-1/b5-3-,7-6+;. The van der Waals surface area contributed by atoms with Crippen LogP contribution in [0.25, 0.3) is 0 Å². The molecule has 0 aromatic rings. The Hall–Kier alpha value is -0.0500. The Labute approximate surface area is 89.3 Å². The predicted octanol–water partition coefficient (Wildman–Crippen LogP) is -2.35. The molecule has 0 fully saturated rings. The molecule has 2 nitrogen and oxygen atoms in total. The van der Waals surface area contributed by atoms with Gasteiger partial charge in [-0.25, -0.2) is 0 Å². The van der Waals surface area contributed by atoms with E-state index in [0.29, 0.717) is 6.42 Å². The third-order valence-corrected chi connectivity index (χ3v) is 1.01. The van der Waals surface area contributed by atoms with Gasteiger partial charge in [-0.1, -0.05) is 25.2 Å². The SMILES string of the molecule is C/C=C\C(=C/CC)C(=O)[O-].[Na+]. The van der Waals surface area contributed by atoms with Crippen LogP contribution in [0.4, 0.5) is 0 Å². The van der Waals surface area contributed by atoms with Crippen molar-refractivity contribution < 1.29 is 39.5 Å². The summed E-state index contributed by atoms with van der Waals surface area (Å²) in [5, 5.41) is 10.2. The maximum atomic E-state index is 10.2. The van der Waals surface area contributed by atoms with Crippen molar-refractivity contribution in [3.63, 3.8) is 0 Å². The molecule has 0 spiro atoms. The molecule has 0 saturated carbocycles. The van der Waals surface area contributed by atoms with Crippen molar-refractivity contribution >= 4 is 5.97 Å². The Bertz CT molecular complexity index is 171. The first-order valence-corrected chi connectivity index (χ1v) is 3.26. The van der Waals surface area contributed by atoms with Crippen LogP contribution in [0.1, 0.15) is 20.3 Å². The summed E-state index contributed by atoms with van der Waals surface area (Å²) in [7, 11) is 0. The molecule has 56 valence electrons. The molecular formula is C8H11NaO2. The van der Waals surface area contributed by atoms with E-state index in [1.165, 1.54) is 6.08 Å². The number of carboxylic acids is 1. The molecule has 0 rings (SSSR count). The Kier molecular flexibility index (Phi) is 9.90. The number of carbonyl (C=O) groups excluding carboxylic acids is 1. The Morgan fingerprint density at radius 2 is 2.09 bits per heavy atom. The topological polar surface area (TPSA) is 40.1 Å². The summed E-state index contributed by atoms with van der Waals surface area (Å²) in [6.07, 6.45) is 5.54. The molecule has 0 saturated heterocycles. The molecule has 0 N–H and O–H groups in total. The molecule has 11 heavy (non-hydrogen) atoms. The number of hydrogen-bond donors (Lipinski definition) is 0. The van der Waals surface area contributed by atoms with E-state index in [2.05, 4.69) is 0 Å². The smallest absolute Gasteiger partial charge is 0.545 e. The second kappa shape index (κ2) is 8.05. The van der Waals surface area contributed by atoms with Gasteiger partial charge in [0.15, 0.2) is 0 Å². The van der Waals surface area contributed by atoms with Crippen molar-refractivity contribution in [3.05, 3.63) is 23.8 Å². The molecule has 0 aliphatic carbocycles. The number of allylic oxidation sites excluding steroid dienone is 2. The molecule has 0 atom stereocenters. The predicted molar refractivity (Wildman–Crippen MR) is 38.2 cm³/mol. The molecule has 0 aliphatic rings. The maximum Gasteiger partial charge on any atom is 1.00 e. The average Bonchev–Trinajstić information content (AvgIpc) is 1.87. The molecule has 0 heterocycles. The molecular weight excluding hydrogens is 151 g/mol. The van der Waals surface area contributed by atoms with E-state index in [-0.39, 0.29) is 35.1 Å². The monoisotopic (exact) mass is 162 g/mol. The van der Waals surface area contributed by atoms with E-state index < -0.39 is 5.97 Å².